The molecule has 2 rings (SSSR count). The molecule has 0 aliphatic carbocycles. The molecule has 0 fully saturated rings. The molecule has 4 nitrogen and oxygen atoms in total. The fourth-order valence-corrected chi connectivity index (χ4v) is 2.32. The molecule has 7 heteroatoms. The van der Waals surface area contributed by atoms with Gasteiger partial charge in [-0.15, -0.1) is 0 Å². The van der Waals surface area contributed by atoms with Crippen molar-refractivity contribution in [3.05, 3.63) is 60.6 Å². The van der Waals surface area contributed by atoms with Gasteiger partial charge in [-0.2, -0.15) is 0 Å². The zero-order chi connectivity index (χ0) is 14.9. The molecule has 0 spiro atoms. The molecule has 0 aliphatic heterocycles. The van der Waals surface area contributed by atoms with E-state index in [9.17, 15) is 14.0 Å². The van der Waals surface area contributed by atoms with Gasteiger partial charge in [0.25, 0.3) is 5.56 Å². The first-order valence-corrected chi connectivity index (χ1v) is 6.71. The van der Waals surface area contributed by atoms with E-state index in [2.05, 4.69) is 4.98 Å². The highest BCUT2D eigenvalue weighted by Gasteiger charge is 2.17. The van der Waals surface area contributed by atoms with Crippen molar-refractivity contribution >= 4 is 23.2 Å². The van der Waals surface area contributed by atoms with Crippen molar-refractivity contribution in [2.24, 2.45) is 0 Å². The Morgan fingerprint density at radius 3 is 2.65 bits per heavy atom. The van der Waals surface area contributed by atoms with Gasteiger partial charge < -0.3 is 0 Å². The van der Waals surface area contributed by atoms with Gasteiger partial charge >= 0.3 is 5.69 Å². The molecule has 1 N–H and O–H groups in total. The Labute approximate surface area is 123 Å². The first kappa shape index (κ1) is 14.8. The summed E-state index contributed by atoms with van der Waals surface area (Å²) >= 11 is 11.5. The summed E-state index contributed by atoms with van der Waals surface area (Å²) in [4.78, 5) is 26.5. The quantitative estimate of drug-likeness (QED) is 0.885. The molecule has 0 aliphatic rings. The van der Waals surface area contributed by atoms with E-state index in [-0.39, 0.29) is 21.4 Å². The van der Waals surface area contributed by atoms with E-state index in [0.29, 0.717) is 17.4 Å². The van der Waals surface area contributed by atoms with Crippen molar-refractivity contribution < 1.29 is 4.39 Å². The molecule has 1 heterocycles. The van der Waals surface area contributed by atoms with E-state index in [1.807, 2.05) is 6.92 Å². The number of H-pyrrole nitrogens is 1. The van der Waals surface area contributed by atoms with Crippen molar-refractivity contribution in [3.63, 3.8) is 0 Å². The van der Waals surface area contributed by atoms with Crippen LogP contribution in [0.15, 0.2) is 27.8 Å². The molecule has 1 aromatic heterocycles. The highest BCUT2D eigenvalue weighted by Crippen LogP contribution is 2.20. The van der Waals surface area contributed by atoms with Crippen LogP contribution in [0.4, 0.5) is 4.39 Å². The predicted octanol–water partition coefficient (Wildman–Crippen LogP) is 2.92. The molecule has 1 aromatic carbocycles. The fraction of sp³-hybridized carbons (Fsp3) is 0.231. The summed E-state index contributed by atoms with van der Waals surface area (Å²) in [6, 6.07) is 4.10. The third kappa shape index (κ3) is 2.51. The Balaban J connectivity index is 2.81. The Morgan fingerprint density at radius 1 is 1.30 bits per heavy atom. The highest BCUT2D eigenvalue weighted by molar-refractivity contribution is 6.31. The molecular formula is C13H11Cl2FN2O2. The van der Waals surface area contributed by atoms with Crippen LogP contribution >= 0.6 is 23.2 Å². The topological polar surface area (TPSA) is 54.9 Å². The fourth-order valence-electron chi connectivity index (χ4n) is 1.90. The molecule has 2 aromatic rings. The maximum Gasteiger partial charge on any atom is 0.334 e. The summed E-state index contributed by atoms with van der Waals surface area (Å²) in [5.41, 5.74) is -1.39. The van der Waals surface area contributed by atoms with E-state index >= 15 is 0 Å². The lowest BCUT2D eigenvalue weighted by molar-refractivity contribution is 0.611. The van der Waals surface area contributed by atoms with E-state index < -0.39 is 17.1 Å². The average molecular weight is 317 g/mol. The smallest absolute Gasteiger partial charge is 0.297 e. The molecular weight excluding hydrogens is 306 g/mol. The largest absolute Gasteiger partial charge is 0.334 e. The van der Waals surface area contributed by atoms with E-state index in [4.69, 9.17) is 23.2 Å². The van der Waals surface area contributed by atoms with Crippen molar-refractivity contribution in [1.82, 2.24) is 9.55 Å². The maximum absolute atomic E-state index is 14.0. The van der Waals surface area contributed by atoms with Gasteiger partial charge in [0.05, 0.1) is 16.3 Å². The molecule has 0 saturated carbocycles. The van der Waals surface area contributed by atoms with Gasteiger partial charge in [-0.05, 0) is 18.6 Å². The summed E-state index contributed by atoms with van der Waals surface area (Å²) in [5, 5.41) is -0.179. The first-order valence-electron chi connectivity index (χ1n) is 5.95. The number of rotatable bonds is 3. The van der Waals surface area contributed by atoms with Crippen LogP contribution in [0.3, 0.4) is 0 Å². The second-order valence-corrected chi connectivity index (χ2v) is 4.97. The van der Waals surface area contributed by atoms with Crippen LogP contribution in [0, 0.1) is 5.82 Å². The number of nitrogens with one attached hydrogen (secondary N) is 1. The molecule has 0 amide bonds. The lowest BCUT2D eigenvalue weighted by atomic mass is 10.2. The molecule has 0 radical (unpaired) electrons. The minimum absolute atomic E-state index is 0.0134. The van der Waals surface area contributed by atoms with Crippen LogP contribution in [-0.2, 0) is 6.42 Å². The number of aromatic nitrogens is 2. The number of halogens is 3. The first-order chi connectivity index (χ1) is 9.47. The van der Waals surface area contributed by atoms with Crippen LogP contribution in [0.25, 0.3) is 5.69 Å². The van der Waals surface area contributed by atoms with Gasteiger partial charge in [0.15, 0.2) is 5.82 Å². The maximum atomic E-state index is 14.0. The number of aromatic amines is 1. The number of hydrogen-bond donors (Lipinski definition) is 1. The average Bonchev–Trinajstić information content (AvgIpc) is 2.39. The Hall–Kier alpha value is -1.59. The lowest BCUT2D eigenvalue weighted by Gasteiger charge is -2.09. The third-order valence-corrected chi connectivity index (χ3v) is 3.43. The molecule has 20 heavy (non-hydrogen) atoms. The molecule has 0 unspecified atom stereocenters. The van der Waals surface area contributed by atoms with Crippen molar-refractivity contribution in [2.45, 2.75) is 19.8 Å². The van der Waals surface area contributed by atoms with Gasteiger partial charge in [-0.1, -0.05) is 42.6 Å². The summed E-state index contributed by atoms with van der Waals surface area (Å²) in [6.45, 7) is 1.87. The van der Waals surface area contributed by atoms with E-state index in [1.54, 1.807) is 0 Å². The van der Waals surface area contributed by atoms with Crippen LogP contribution in [0.5, 0.6) is 0 Å². The Morgan fingerprint density at radius 2 is 2.00 bits per heavy atom. The molecule has 106 valence electrons. The molecule has 0 bridgehead atoms. The highest BCUT2D eigenvalue weighted by atomic mass is 35.5. The summed E-state index contributed by atoms with van der Waals surface area (Å²) in [6.07, 6.45) is 1.05. The van der Waals surface area contributed by atoms with Gasteiger partial charge in [-0.25, -0.2) is 13.8 Å². The second kappa shape index (κ2) is 5.81. The third-order valence-electron chi connectivity index (χ3n) is 2.82. The Bertz CT molecular complexity index is 768. The van der Waals surface area contributed by atoms with Gasteiger partial charge in [0.2, 0.25) is 0 Å². The zero-order valence-corrected chi connectivity index (χ0v) is 12.1. The number of benzene rings is 1. The van der Waals surface area contributed by atoms with Crippen LogP contribution in [0.2, 0.25) is 10.2 Å². The van der Waals surface area contributed by atoms with Crippen LogP contribution in [-0.4, -0.2) is 9.55 Å². The van der Waals surface area contributed by atoms with Gasteiger partial charge in [0.1, 0.15) is 5.15 Å². The van der Waals surface area contributed by atoms with Crippen molar-refractivity contribution in [2.75, 3.05) is 0 Å². The summed E-state index contributed by atoms with van der Waals surface area (Å²) in [7, 11) is 0. The second-order valence-electron chi connectivity index (χ2n) is 4.19. The van der Waals surface area contributed by atoms with Crippen molar-refractivity contribution in [3.8, 4) is 5.69 Å². The molecule has 0 atom stereocenters. The predicted molar refractivity (Wildman–Crippen MR) is 76.6 cm³/mol. The van der Waals surface area contributed by atoms with Gasteiger partial charge in [0, 0.05) is 0 Å². The van der Waals surface area contributed by atoms with Gasteiger partial charge in [-0.3, -0.25) is 9.78 Å². The molecule has 0 saturated heterocycles. The van der Waals surface area contributed by atoms with Crippen LogP contribution in [0.1, 0.15) is 18.9 Å². The number of hydrogen-bond acceptors (Lipinski definition) is 2. The summed E-state index contributed by atoms with van der Waals surface area (Å²) < 4.78 is 14.7. The standard InChI is InChI=1S/C13H11Cl2FN2O2/c1-2-4-7-11(15)17-13(20)18(12(7)19)9-6-3-5-8(14)10(9)16/h3,5-6H,2,4H2,1H3,(H,17,20). The lowest BCUT2D eigenvalue weighted by Crippen LogP contribution is -2.36. The monoisotopic (exact) mass is 316 g/mol. The van der Waals surface area contributed by atoms with E-state index in [0.717, 1.165) is 0 Å². The van der Waals surface area contributed by atoms with Crippen molar-refractivity contribution in [1.29, 1.82) is 0 Å². The van der Waals surface area contributed by atoms with Crippen LogP contribution < -0.4 is 11.2 Å². The summed E-state index contributed by atoms with van der Waals surface area (Å²) in [5.74, 6) is -0.827. The van der Waals surface area contributed by atoms with E-state index in [1.165, 1.54) is 18.2 Å². The zero-order valence-electron chi connectivity index (χ0n) is 10.5. The SMILES string of the molecule is CCCc1c(Cl)[nH]c(=O)n(-c2cccc(Cl)c2F)c1=O. The minimum atomic E-state index is -0.827. The normalized spacial score (nSPS) is 10.8. The number of nitrogens with zero attached hydrogens (tertiary/aromatic N) is 1. The minimum Gasteiger partial charge on any atom is -0.297 e. The Kier molecular flexibility index (Phi) is 4.30.